The van der Waals surface area contributed by atoms with E-state index in [1.807, 2.05) is 12.1 Å². The molecule has 0 radical (unpaired) electrons. The van der Waals surface area contributed by atoms with E-state index in [1.165, 1.54) is 17.7 Å². The number of carbonyl (C=O) groups is 1. The lowest BCUT2D eigenvalue weighted by atomic mass is 10.1. The Balaban J connectivity index is 1.19. The maximum atomic E-state index is 12.1. The summed E-state index contributed by atoms with van der Waals surface area (Å²) in [7, 11) is 0. The SMILES string of the molecule is Cc1cc(Nc2nccc(-c3cnc4c(c3)OC(C)(C)C(=O)N4)n2)ccc1N1CC2CC1CN2C(C)C. The molecule has 2 bridgehead atoms. The van der Waals surface area contributed by atoms with E-state index in [4.69, 9.17) is 9.72 Å². The van der Waals surface area contributed by atoms with Gasteiger partial charge in [0.25, 0.3) is 5.91 Å². The maximum absolute atomic E-state index is 12.1. The lowest BCUT2D eigenvalue weighted by Crippen LogP contribution is -2.49. The summed E-state index contributed by atoms with van der Waals surface area (Å²) in [6.07, 6.45) is 4.65. The van der Waals surface area contributed by atoms with Gasteiger partial charge in [-0.15, -0.1) is 0 Å². The van der Waals surface area contributed by atoms with Crippen molar-refractivity contribution in [2.75, 3.05) is 28.6 Å². The number of benzene rings is 1. The van der Waals surface area contributed by atoms with Gasteiger partial charge in [-0.3, -0.25) is 9.69 Å². The molecule has 0 spiro atoms. The summed E-state index contributed by atoms with van der Waals surface area (Å²) in [5, 5.41) is 6.14. The second-order valence-corrected chi connectivity index (χ2v) is 11.0. The molecule has 3 aliphatic heterocycles. The van der Waals surface area contributed by atoms with E-state index in [-0.39, 0.29) is 5.91 Å². The number of nitrogens with zero attached hydrogens (tertiary/aromatic N) is 5. The van der Waals surface area contributed by atoms with Gasteiger partial charge in [-0.05, 0) is 76.9 Å². The molecule has 0 saturated carbocycles. The number of piperazine rings is 1. The van der Waals surface area contributed by atoms with Gasteiger partial charge in [-0.1, -0.05) is 0 Å². The zero-order valence-electron chi connectivity index (χ0n) is 21.9. The van der Waals surface area contributed by atoms with E-state index in [2.05, 4.69) is 69.4 Å². The Hall–Kier alpha value is -3.72. The third kappa shape index (κ3) is 4.27. The van der Waals surface area contributed by atoms with E-state index in [0.29, 0.717) is 41.3 Å². The van der Waals surface area contributed by atoms with Crippen molar-refractivity contribution in [3.8, 4) is 17.0 Å². The molecule has 2 unspecified atom stereocenters. The Morgan fingerprint density at radius 1 is 1.14 bits per heavy atom. The standard InChI is InChI=1S/C28H33N7O2/c1-16(2)34-14-21-12-20(34)15-35(21)23-7-6-19(10-17(23)3)31-27-29-9-8-22(32-27)18-11-24-25(30-13-18)33-26(36)28(4,5)37-24/h6-11,13,16,20-21H,12,14-15H2,1-5H3,(H,29,31,32)(H,30,33,36). The van der Waals surface area contributed by atoms with Crippen molar-refractivity contribution in [1.82, 2.24) is 19.9 Å². The van der Waals surface area contributed by atoms with E-state index < -0.39 is 5.60 Å². The molecule has 9 nitrogen and oxygen atoms in total. The zero-order valence-corrected chi connectivity index (χ0v) is 21.9. The van der Waals surface area contributed by atoms with Crippen LogP contribution in [0.4, 0.5) is 23.1 Å². The minimum absolute atomic E-state index is 0.218. The largest absolute Gasteiger partial charge is 0.474 e. The average molecular weight is 500 g/mol. The second-order valence-electron chi connectivity index (χ2n) is 11.0. The van der Waals surface area contributed by atoms with E-state index in [1.54, 1.807) is 26.2 Å². The van der Waals surface area contributed by atoms with Gasteiger partial charge in [0.1, 0.15) is 0 Å². The second kappa shape index (κ2) is 8.69. The number of anilines is 4. The first kappa shape index (κ1) is 23.7. The molecule has 37 heavy (non-hydrogen) atoms. The number of fused-ring (bicyclic) bond motifs is 3. The Kier molecular flexibility index (Phi) is 5.56. The molecule has 2 fully saturated rings. The third-order valence-electron chi connectivity index (χ3n) is 7.66. The Labute approximate surface area is 217 Å². The number of hydrogen-bond donors (Lipinski definition) is 2. The third-order valence-corrected chi connectivity index (χ3v) is 7.66. The fourth-order valence-corrected chi connectivity index (χ4v) is 5.73. The fourth-order valence-electron chi connectivity index (χ4n) is 5.73. The van der Waals surface area contributed by atoms with Gasteiger partial charge < -0.3 is 20.3 Å². The smallest absolute Gasteiger partial charge is 0.269 e. The summed E-state index contributed by atoms with van der Waals surface area (Å²) in [6.45, 7) is 12.5. The molecular formula is C28H33N7O2. The molecule has 1 amide bonds. The van der Waals surface area contributed by atoms with Crippen LogP contribution in [0.5, 0.6) is 5.75 Å². The van der Waals surface area contributed by atoms with Crippen LogP contribution in [0.15, 0.2) is 42.7 Å². The van der Waals surface area contributed by atoms with Crippen LogP contribution in [0.25, 0.3) is 11.3 Å². The molecule has 1 aromatic carbocycles. The maximum Gasteiger partial charge on any atom is 0.269 e. The molecule has 3 aromatic rings. The molecular weight excluding hydrogens is 466 g/mol. The number of rotatable bonds is 5. The van der Waals surface area contributed by atoms with Crippen LogP contribution in [0.1, 0.15) is 39.7 Å². The molecule has 3 aliphatic rings. The number of amides is 1. The first-order chi connectivity index (χ1) is 17.7. The zero-order chi connectivity index (χ0) is 25.9. The highest BCUT2D eigenvalue weighted by Crippen LogP contribution is 2.38. The number of hydrogen-bond acceptors (Lipinski definition) is 8. The summed E-state index contributed by atoms with van der Waals surface area (Å²) >= 11 is 0. The van der Waals surface area contributed by atoms with Crippen molar-refractivity contribution in [3.05, 3.63) is 48.3 Å². The van der Waals surface area contributed by atoms with Gasteiger partial charge >= 0.3 is 0 Å². The topological polar surface area (TPSA) is 95.5 Å². The van der Waals surface area contributed by atoms with Gasteiger partial charge in [0.15, 0.2) is 17.2 Å². The average Bonchev–Trinajstić information content (AvgIpc) is 3.46. The summed E-state index contributed by atoms with van der Waals surface area (Å²) < 4.78 is 5.88. The highest BCUT2D eigenvalue weighted by Gasteiger charge is 2.44. The van der Waals surface area contributed by atoms with Crippen LogP contribution in [-0.2, 0) is 4.79 Å². The van der Waals surface area contributed by atoms with Crippen molar-refractivity contribution in [2.45, 2.75) is 64.8 Å². The summed E-state index contributed by atoms with van der Waals surface area (Å²) in [6, 6.07) is 12.0. The Bertz CT molecular complexity index is 1370. The number of carbonyl (C=O) groups excluding carboxylic acids is 1. The van der Waals surface area contributed by atoms with Crippen LogP contribution >= 0.6 is 0 Å². The van der Waals surface area contributed by atoms with Crippen LogP contribution in [0.2, 0.25) is 0 Å². The highest BCUT2D eigenvalue weighted by atomic mass is 16.5. The number of aromatic nitrogens is 3. The number of nitrogens with one attached hydrogen (secondary N) is 2. The fraction of sp³-hybridized carbons (Fsp3) is 0.429. The minimum Gasteiger partial charge on any atom is -0.474 e. The van der Waals surface area contributed by atoms with Crippen molar-refractivity contribution in [3.63, 3.8) is 0 Å². The van der Waals surface area contributed by atoms with Gasteiger partial charge in [-0.25, -0.2) is 15.0 Å². The first-order valence-electron chi connectivity index (χ1n) is 12.9. The van der Waals surface area contributed by atoms with Crippen LogP contribution in [-0.4, -0.2) is 62.6 Å². The van der Waals surface area contributed by atoms with Crippen molar-refractivity contribution in [1.29, 1.82) is 0 Å². The monoisotopic (exact) mass is 499 g/mol. The van der Waals surface area contributed by atoms with Crippen molar-refractivity contribution < 1.29 is 9.53 Å². The van der Waals surface area contributed by atoms with Crippen LogP contribution in [0, 0.1) is 6.92 Å². The van der Waals surface area contributed by atoms with Gasteiger partial charge in [-0.2, -0.15) is 0 Å². The van der Waals surface area contributed by atoms with Crippen molar-refractivity contribution in [2.24, 2.45) is 0 Å². The molecule has 2 aromatic heterocycles. The summed E-state index contributed by atoms with van der Waals surface area (Å²) in [5.41, 5.74) is 4.03. The lowest BCUT2D eigenvalue weighted by molar-refractivity contribution is -0.129. The van der Waals surface area contributed by atoms with Gasteiger partial charge in [0, 0.05) is 60.5 Å². The Morgan fingerprint density at radius 3 is 2.70 bits per heavy atom. The molecule has 2 N–H and O–H groups in total. The molecule has 6 rings (SSSR count). The van der Waals surface area contributed by atoms with Crippen molar-refractivity contribution >= 4 is 29.0 Å². The number of aryl methyl sites for hydroxylation is 1. The van der Waals surface area contributed by atoms with Gasteiger partial charge in [0.2, 0.25) is 5.95 Å². The molecule has 9 heteroatoms. The van der Waals surface area contributed by atoms with Crippen LogP contribution in [0.3, 0.4) is 0 Å². The number of ether oxygens (including phenoxy) is 1. The predicted molar refractivity (Wildman–Crippen MR) is 144 cm³/mol. The summed E-state index contributed by atoms with van der Waals surface area (Å²) in [5.74, 6) is 1.22. The van der Waals surface area contributed by atoms with E-state index in [9.17, 15) is 4.79 Å². The first-order valence-corrected chi connectivity index (χ1v) is 12.9. The molecule has 0 aliphatic carbocycles. The summed E-state index contributed by atoms with van der Waals surface area (Å²) in [4.78, 5) is 30.8. The molecule has 5 heterocycles. The number of pyridine rings is 1. The van der Waals surface area contributed by atoms with Crippen LogP contribution < -0.4 is 20.3 Å². The van der Waals surface area contributed by atoms with E-state index >= 15 is 0 Å². The van der Waals surface area contributed by atoms with Gasteiger partial charge in [0.05, 0.1) is 5.69 Å². The highest BCUT2D eigenvalue weighted by molar-refractivity contribution is 5.99. The number of likely N-dealkylation sites (tertiary alicyclic amines) is 1. The molecule has 2 atom stereocenters. The minimum atomic E-state index is -0.960. The molecule has 2 saturated heterocycles. The molecule has 192 valence electrons. The lowest BCUT2D eigenvalue weighted by Gasteiger charge is -2.38. The Morgan fingerprint density at radius 2 is 1.97 bits per heavy atom. The predicted octanol–water partition coefficient (Wildman–Crippen LogP) is 4.37. The quantitative estimate of drug-likeness (QED) is 0.534. The normalized spacial score (nSPS) is 22.1. The van der Waals surface area contributed by atoms with E-state index in [0.717, 1.165) is 24.3 Å².